The van der Waals surface area contributed by atoms with Gasteiger partial charge in [0.2, 0.25) is 0 Å². The second-order valence-electron chi connectivity index (χ2n) is 3.34. The molecule has 0 radical (unpaired) electrons. The molecule has 66 valence electrons. The van der Waals surface area contributed by atoms with Crippen LogP contribution in [-0.2, 0) is 5.60 Å². The van der Waals surface area contributed by atoms with Crippen molar-refractivity contribution in [2.24, 2.45) is 5.92 Å². The van der Waals surface area contributed by atoms with Gasteiger partial charge in [-0.1, -0.05) is 13.3 Å². The number of halogens is 1. The fraction of sp³-hybridized carbons (Fsp3) is 0.556. The second kappa shape index (κ2) is 2.60. The van der Waals surface area contributed by atoms with Gasteiger partial charge < -0.3 is 9.52 Å². The standard InChI is InChI=1S/C9H11BrO2/c1-2-6-5-9(6,11)7-3-4-12-8(7)10/h3-4,6,11H,2,5H2,1H3. The van der Waals surface area contributed by atoms with Gasteiger partial charge in [-0.25, -0.2) is 0 Å². The van der Waals surface area contributed by atoms with Gasteiger partial charge in [0.1, 0.15) is 0 Å². The lowest BCUT2D eigenvalue weighted by molar-refractivity contribution is 0.128. The van der Waals surface area contributed by atoms with Gasteiger partial charge in [0, 0.05) is 5.56 Å². The Morgan fingerprint density at radius 1 is 1.83 bits per heavy atom. The zero-order valence-electron chi connectivity index (χ0n) is 6.88. The van der Waals surface area contributed by atoms with Crippen molar-refractivity contribution in [3.8, 4) is 0 Å². The van der Waals surface area contributed by atoms with Crippen LogP contribution in [0.1, 0.15) is 25.3 Å². The predicted molar refractivity (Wildman–Crippen MR) is 48.7 cm³/mol. The molecule has 1 aliphatic rings. The van der Waals surface area contributed by atoms with Crippen LogP contribution in [0.4, 0.5) is 0 Å². The molecule has 1 N–H and O–H groups in total. The van der Waals surface area contributed by atoms with E-state index in [1.807, 2.05) is 6.07 Å². The number of hydrogen-bond donors (Lipinski definition) is 1. The Morgan fingerprint density at radius 2 is 2.58 bits per heavy atom. The maximum Gasteiger partial charge on any atom is 0.175 e. The minimum atomic E-state index is -0.611. The maximum absolute atomic E-state index is 10.0. The third kappa shape index (κ3) is 1.04. The van der Waals surface area contributed by atoms with E-state index in [0.717, 1.165) is 18.4 Å². The molecule has 1 aromatic heterocycles. The second-order valence-corrected chi connectivity index (χ2v) is 4.06. The first-order valence-corrected chi connectivity index (χ1v) is 4.93. The Balaban J connectivity index is 2.27. The average Bonchev–Trinajstić information content (AvgIpc) is 2.50. The smallest absolute Gasteiger partial charge is 0.175 e. The quantitative estimate of drug-likeness (QED) is 0.848. The average molecular weight is 231 g/mol. The van der Waals surface area contributed by atoms with Gasteiger partial charge in [0.25, 0.3) is 0 Å². The minimum Gasteiger partial charge on any atom is -0.457 e. The van der Waals surface area contributed by atoms with E-state index >= 15 is 0 Å². The molecule has 1 fully saturated rings. The molecule has 1 aliphatic carbocycles. The first kappa shape index (κ1) is 8.32. The maximum atomic E-state index is 10.0. The summed E-state index contributed by atoms with van der Waals surface area (Å²) in [5, 5.41) is 10.0. The highest BCUT2D eigenvalue weighted by atomic mass is 79.9. The van der Waals surface area contributed by atoms with Gasteiger partial charge >= 0.3 is 0 Å². The number of rotatable bonds is 2. The molecule has 2 nitrogen and oxygen atoms in total. The fourth-order valence-corrected chi connectivity index (χ4v) is 2.32. The van der Waals surface area contributed by atoms with Crippen LogP contribution in [0.15, 0.2) is 21.4 Å². The van der Waals surface area contributed by atoms with Crippen LogP contribution in [0.25, 0.3) is 0 Å². The Bertz CT molecular complexity index is 294. The van der Waals surface area contributed by atoms with E-state index in [-0.39, 0.29) is 0 Å². The van der Waals surface area contributed by atoms with Crippen LogP contribution in [-0.4, -0.2) is 5.11 Å². The van der Waals surface area contributed by atoms with E-state index in [9.17, 15) is 5.11 Å². The Labute approximate surface area is 79.7 Å². The largest absolute Gasteiger partial charge is 0.457 e. The monoisotopic (exact) mass is 230 g/mol. The van der Waals surface area contributed by atoms with Crippen molar-refractivity contribution in [1.82, 2.24) is 0 Å². The molecule has 2 atom stereocenters. The lowest BCUT2D eigenvalue weighted by atomic mass is 10.1. The van der Waals surface area contributed by atoms with E-state index in [4.69, 9.17) is 4.42 Å². The summed E-state index contributed by atoms with van der Waals surface area (Å²) in [4.78, 5) is 0. The van der Waals surface area contributed by atoms with Crippen LogP contribution >= 0.6 is 15.9 Å². The molecule has 0 amide bonds. The van der Waals surface area contributed by atoms with Gasteiger partial charge in [0.05, 0.1) is 11.9 Å². The highest BCUT2D eigenvalue weighted by Gasteiger charge is 2.54. The third-order valence-electron chi connectivity index (χ3n) is 2.65. The zero-order chi connectivity index (χ0) is 8.77. The van der Waals surface area contributed by atoms with Gasteiger partial charge in [-0.15, -0.1) is 0 Å². The van der Waals surface area contributed by atoms with Crippen molar-refractivity contribution in [1.29, 1.82) is 0 Å². The summed E-state index contributed by atoms with van der Waals surface area (Å²) in [6, 6.07) is 1.83. The van der Waals surface area contributed by atoms with E-state index in [1.165, 1.54) is 0 Å². The zero-order valence-corrected chi connectivity index (χ0v) is 8.47. The van der Waals surface area contributed by atoms with Crippen LogP contribution in [0.5, 0.6) is 0 Å². The van der Waals surface area contributed by atoms with Crippen molar-refractivity contribution in [2.45, 2.75) is 25.4 Å². The van der Waals surface area contributed by atoms with E-state index in [2.05, 4.69) is 22.9 Å². The Hall–Kier alpha value is -0.280. The number of hydrogen-bond acceptors (Lipinski definition) is 2. The Morgan fingerprint density at radius 3 is 3.00 bits per heavy atom. The molecule has 3 heteroatoms. The van der Waals surface area contributed by atoms with E-state index in [1.54, 1.807) is 6.26 Å². The van der Waals surface area contributed by atoms with Crippen molar-refractivity contribution in [3.05, 3.63) is 22.6 Å². The minimum absolute atomic E-state index is 0.409. The lowest BCUT2D eigenvalue weighted by Gasteiger charge is -2.06. The van der Waals surface area contributed by atoms with Gasteiger partial charge in [-0.2, -0.15) is 0 Å². The van der Waals surface area contributed by atoms with Crippen LogP contribution in [0.3, 0.4) is 0 Å². The van der Waals surface area contributed by atoms with Crippen molar-refractivity contribution >= 4 is 15.9 Å². The van der Waals surface area contributed by atoms with Gasteiger partial charge in [-0.3, -0.25) is 0 Å². The van der Waals surface area contributed by atoms with Crippen molar-refractivity contribution in [3.63, 3.8) is 0 Å². The molecule has 0 aromatic carbocycles. The molecule has 1 aromatic rings. The topological polar surface area (TPSA) is 33.4 Å². The first-order valence-electron chi connectivity index (χ1n) is 4.14. The summed E-state index contributed by atoms with van der Waals surface area (Å²) in [6.07, 6.45) is 3.48. The number of aliphatic hydroxyl groups is 1. The first-order chi connectivity index (χ1) is 5.68. The van der Waals surface area contributed by atoms with Crippen molar-refractivity contribution in [2.75, 3.05) is 0 Å². The summed E-state index contributed by atoms with van der Waals surface area (Å²) in [5.41, 5.74) is 0.287. The molecule has 1 heterocycles. The summed E-state index contributed by atoms with van der Waals surface area (Å²) in [6.45, 7) is 2.09. The molecule has 12 heavy (non-hydrogen) atoms. The molecule has 2 rings (SSSR count). The third-order valence-corrected chi connectivity index (χ3v) is 3.26. The molecule has 1 saturated carbocycles. The molecule has 0 spiro atoms. The molecule has 0 bridgehead atoms. The molecule has 0 aliphatic heterocycles. The molecular weight excluding hydrogens is 220 g/mol. The summed E-state index contributed by atoms with van der Waals surface area (Å²) >= 11 is 3.27. The molecule has 0 saturated heterocycles. The molecule has 2 unspecified atom stereocenters. The fourth-order valence-electron chi connectivity index (χ4n) is 1.73. The van der Waals surface area contributed by atoms with E-state index < -0.39 is 5.60 Å². The van der Waals surface area contributed by atoms with Crippen molar-refractivity contribution < 1.29 is 9.52 Å². The van der Waals surface area contributed by atoms with Gasteiger partial charge in [0.15, 0.2) is 4.67 Å². The lowest BCUT2D eigenvalue weighted by Crippen LogP contribution is -2.07. The van der Waals surface area contributed by atoms with Crippen LogP contribution < -0.4 is 0 Å². The summed E-state index contributed by atoms with van der Waals surface area (Å²) in [7, 11) is 0. The summed E-state index contributed by atoms with van der Waals surface area (Å²) in [5.74, 6) is 0.409. The van der Waals surface area contributed by atoms with Crippen LogP contribution in [0, 0.1) is 5.92 Å². The Kier molecular flexibility index (Phi) is 1.81. The normalized spacial score (nSPS) is 33.8. The van der Waals surface area contributed by atoms with Crippen LogP contribution in [0.2, 0.25) is 0 Å². The number of furan rings is 1. The highest BCUT2D eigenvalue weighted by Crippen LogP contribution is 2.55. The highest BCUT2D eigenvalue weighted by molar-refractivity contribution is 9.10. The predicted octanol–water partition coefficient (Wildman–Crippen LogP) is 2.66. The van der Waals surface area contributed by atoms with Gasteiger partial charge in [-0.05, 0) is 34.3 Å². The summed E-state index contributed by atoms with van der Waals surface area (Å²) < 4.78 is 5.75. The van der Waals surface area contributed by atoms with E-state index in [0.29, 0.717) is 10.6 Å². The molecular formula is C9H11BrO2. The SMILES string of the molecule is CCC1CC1(O)c1ccoc1Br.